The van der Waals surface area contributed by atoms with Crippen LogP contribution < -0.4 is 5.32 Å². The SMILES string of the molecule is CSc1ccc(C(CC(=O)O)NC(=O)CC(C)C(C)C)cc1. The molecule has 0 aromatic heterocycles. The quantitative estimate of drug-likeness (QED) is 0.716. The van der Waals surface area contributed by atoms with Crippen molar-refractivity contribution in [1.82, 2.24) is 5.32 Å². The van der Waals surface area contributed by atoms with Gasteiger partial charge in [-0.25, -0.2) is 0 Å². The number of carbonyl (C=O) groups excluding carboxylic acids is 1. The molecule has 0 aliphatic rings. The van der Waals surface area contributed by atoms with Gasteiger partial charge in [0.15, 0.2) is 0 Å². The van der Waals surface area contributed by atoms with E-state index in [-0.39, 0.29) is 18.2 Å². The van der Waals surface area contributed by atoms with Crippen molar-refractivity contribution in [3.05, 3.63) is 29.8 Å². The molecule has 0 spiro atoms. The summed E-state index contributed by atoms with van der Waals surface area (Å²) in [6.45, 7) is 6.19. The molecule has 2 atom stereocenters. The average molecular weight is 323 g/mol. The molecule has 0 bridgehead atoms. The number of hydrogen-bond acceptors (Lipinski definition) is 3. The summed E-state index contributed by atoms with van der Waals surface area (Å²) in [5, 5.41) is 11.9. The zero-order valence-corrected chi connectivity index (χ0v) is 14.4. The summed E-state index contributed by atoms with van der Waals surface area (Å²) in [5.41, 5.74) is 0.825. The Morgan fingerprint density at radius 2 is 1.73 bits per heavy atom. The number of aliphatic carboxylic acids is 1. The van der Waals surface area contributed by atoms with E-state index in [4.69, 9.17) is 5.11 Å². The molecule has 0 aliphatic carbocycles. The van der Waals surface area contributed by atoms with Crippen LogP contribution in [0.1, 0.15) is 45.2 Å². The number of carboxylic acid groups (broad SMARTS) is 1. The second-order valence-corrected chi connectivity index (χ2v) is 6.80. The van der Waals surface area contributed by atoms with Crippen molar-refractivity contribution in [2.45, 2.75) is 44.6 Å². The third kappa shape index (κ3) is 6.10. The molecule has 2 N–H and O–H groups in total. The molecule has 0 fully saturated rings. The van der Waals surface area contributed by atoms with Gasteiger partial charge in [-0.15, -0.1) is 11.8 Å². The van der Waals surface area contributed by atoms with Crippen LogP contribution in [-0.2, 0) is 9.59 Å². The molecule has 1 rings (SSSR count). The topological polar surface area (TPSA) is 66.4 Å². The van der Waals surface area contributed by atoms with Crippen molar-refractivity contribution >= 4 is 23.6 Å². The van der Waals surface area contributed by atoms with Gasteiger partial charge < -0.3 is 10.4 Å². The molecule has 5 heteroatoms. The number of carboxylic acids is 1. The molecule has 22 heavy (non-hydrogen) atoms. The van der Waals surface area contributed by atoms with Crippen LogP contribution in [0.3, 0.4) is 0 Å². The number of nitrogens with one attached hydrogen (secondary N) is 1. The molecule has 0 saturated heterocycles. The molecule has 0 aliphatic heterocycles. The minimum Gasteiger partial charge on any atom is -0.481 e. The molecular weight excluding hydrogens is 298 g/mol. The first-order valence-electron chi connectivity index (χ1n) is 7.48. The smallest absolute Gasteiger partial charge is 0.305 e. The summed E-state index contributed by atoms with van der Waals surface area (Å²) < 4.78 is 0. The molecule has 1 aromatic rings. The Hall–Kier alpha value is -1.49. The van der Waals surface area contributed by atoms with Crippen molar-refractivity contribution in [2.24, 2.45) is 11.8 Å². The van der Waals surface area contributed by atoms with Crippen LogP contribution in [-0.4, -0.2) is 23.2 Å². The fourth-order valence-corrected chi connectivity index (χ4v) is 2.45. The van der Waals surface area contributed by atoms with Gasteiger partial charge in [0.25, 0.3) is 0 Å². The van der Waals surface area contributed by atoms with Gasteiger partial charge in [0.2, 0.25) is 5.91 Å². The Morgan fingerprint density at radius 3 is 2.18 bits per heavy atom. The molecule has 1 amide bonds. The number of rotatable bonds is 8. The summed E-state index contributed by atoms with van der Waals surface area (Å²) in [6.07, 6.45) is 2.29. The molecule has 0 saturated carbocycles. The highest BCUT2D eigenvalue weighted by Crippen LogP contribution is 2.22. The maximum Gasteiger partial charge on any atom is 0.305 e. The third-order valence-electron chi connectivity index (χ3n) is 3.88. The highest BCUT2D eigenvalue weighted by atomic mass is 32.2. The number of amides is 1. The molecule has 122 valence electrons. The molecule has 0 heterocycles. The van der Waals surface area contributed by atoms with Gasteiger partial charge in [-0.1, -0.05) is 32.9 Å². The lowest BCUT2D eigenvalue weighted by atomic mass is 9.94. The second kappa shape index (κ2) is 8.83. The molecule has 0 radical (unpaired) electrons. The van der Waals surface area contributed by atoms with E-state index in [0.717, 1.165) is 10.5 Å². The van der Waals surface area contributed by atoms with Crippen LogP contribution in [0.4, 0.5) is 0 Å². The lowest BCUT2D eigenvalue weighted by Crippen LogP contribution is -2.31. The maximum absolute atomic E-state index is 12.1. The fraction of sp³-hybridized carbons (Fsp3) is 0.529. The van der Waals surface area contributed by atoms with Crippen LogP contribution >= 0.6 is 11.8 Å². The van der Waals surface area contributed by atoms with E-state index in [0.29, 0.717) is 12.3 Å². The summed E-state index contributed by atoms with van der Waals surface area (Å²) in [4.78, 5) is 24.3. The van der Waals surface area contributed by atoms with Gasteiger partial charge in [-0.3, -0.25) is 9.59 Å². The van der Waals surface area contributed by atoms with Crippen LogP contribution in [0.25, 0.3) is 0 Å². The van der Waals surface area contributed by atoms with Crippen LogP contribution in [0, 0.1) is 11.8 Å². The normalized spacial score (nSPS) is 13.7. The summed E-state index contributed by atoms with van der Waals surface area (Å²) >= 11 is 1.62. The first-order valence-corrected chi connectivity index (χ1v) is 8.71. The van der Waals surface area contributed by atoms with Crippen molar-refractivity contribution in [1.29, 1.82) is 0 Å². The summed E-state index contributed by atoms with van der Waals surface area (Å²) in [6, 6.07) is 7.16. The number of benzene rings is 1. The Bertz CT molecular complexity index is 499. The lowest BCUT2D eigenvalue weighted by molar-refractivity contribution is -0.137. The molecule has 4 nitrogen and oxygen atoms in total. The Kier molecular flexibility index (Phi) is 7.45. The summed E-state index contributed by atoms with van der Waals surface area (Å²) in [7, 11) is 0. The average Bonchev–Trinajstić information content (AvgIpc) is 2.46. The standard InChI is InChI=1S/C17H25NO3S/c1-11(2)12(3)9-16(19)18-15(10-17(20)21)13-5-7-14(22-4)8-6-13/h5-8,11-12,15H,9-10H2,1-4H3,(H,18,19)(H,20,21). The number of thioether (sulfide) groups is 1. The molecule has 1 aromatic carbocycles. The zero-order valence-electron chi connectivity index (χ0n) is 13.6. The van der Waals surface area contributed by atoms with E-state index in [1.807, 2.05) is 37.4 Å². The maximum atomic E-state index is 12.1. The van der Waals surface area contributed by atoms with Crippen molar-refractivity contribution in [3.8, 4) is 0 Å². The summed E-state index contributed by atoms with van der Waals surface area (Å²) in [5.74, 6) is -0.327. The van der Waals surface area contributed by atoms with E-state index >= 15 is 0 Å². The largest absolute Gasteiger partial charge is 0.481 e. The minimum atomic E-state index is -0.920. The van der Waals surface area contributed by atoms with Gasteiger partial charge in [0.1, 0.15) is 0 Å². The minimum absolute atomic E-state index is 0.0959. The Morgan fingerprint density at radius 1 is 1.14 bits per heavy atom. The van der Waals surface area contributed by atoms with Gasteiger partial charge in [0, 0.05) is 11.3 Å². The van der Waals surface area contributed by atoms with Gasteiger partial charge in [-0.2, -0.15) is 0 Å². The van der Waals surface area contributed by atoms with E-state index in [2.05, 4.69) is 19.2 Å². The monoisotopic (exact) mass is 323 g/mol. The van der Waals surface area contributed by atoms with Crippen molar-refractivity contribution in [2.75, 3.05) is 6.26 Å². The van der Waals surface area contributed by atoms with E-state index in [1.165, 1.54) is 0 Å². The first kappa shape index (κ1) is 18.6. The lowest BCUT2D eigenvalue weighted by Gasteiger charge is -2.20. The third-order valence-corrected chi connectivity index (χ3v) is 4.62. The predicted octanol–water partition coefficient (Wildman–Crippen LogP) is 3.72. The highest BCUT2D eigenvalue weighted by Gasteiger charge is 2.20. The van der Waals surface area contributed by atoms with Gasteiger partial charge >= 0.3 is 5.97 Å². The second-order valence-electron chi connectivity index (χ2n) is 5.92. The van der Waals surface area contributed by atoms with Gasteiger partial charge in [0.05, 0.1) is 12.5 Å². The fourth-order valence-electron chi connectivity index (χ4n) is 2.04. The van der Waals surface area contributed by atoms with Crippen LogP contribution in [0.15, 0.2) is 29.2 Å². The highest BCUT2D eigenvalue weighted by molar-refractivity contribution is 7.98. The van der Waals surface area contributed by atoms with E-state index in [9.17, 15) is 9.59 Å². The van der Waals surface area contributed by atoms with Gasteiger partial charge in [-0.05, 0) is 35.8 Å². The number of carbonyl (C=O) groups is 2. The van der Waals surface area contributed by atoms with Crippen molar-refractivity contribution in [3.63, 3.8) is 0 Å². The molecule has 2 unspecified atom stereocenters. The molecular formula is C17H25NO3S. The van der Waals surface area contributed by atoms with E-state index < -0.39 is 12.0 Å². The first-order chi connectivity index (χ1) is 10.3. The van der Waals surface area contributed by atoms with Crippen molar-refractivity contribution < 1.29 is 14.7 Å². The number of hydrogen-bond donors (Lipinski definition) is 2. The Labute approximate surface area is 136 Å². The zero-order chi connectivity index (χ0) is 16.7. The van der Waals surface area contributed by atoms with Crippen LogP contribution in [0.5, 0.6) is 0 Å². The Balaban J connectivity index is 2.79. The predicted molar refractivity (Wildman–Crippen MR) is 90.0 cm³/mol. The van der Waals surface area contributed by atoms with Crippen LogP contribution in [0.2, 0.25) is 0 Å². The van der Waals surface area contributed by atoms with E-state index in [1.54, 1.807) is 11.8 Å².